The molecule has 5 heteroatoms. The van der Waals surface area contributed by atoms with Crippen LogP contribution in [0.2, 0.25) is 5.02 Å². The molecule has 0 heterocycles. The van der Waals surface area contributed by atoms with Crippen molar-refractivity contribution in [2.75, 3.05) is 0 Å². The minimum atomic E-state index is -0.441. The van der Waals surface area contributed by atoms with Gasteiger partial charge < -0.3 is 10.5 Å². The quantitative estimate of drug-likeness (QED) is 0.825. The molecule has 112 valence electrons. The van der Waals surface area contributed by atoms with Crippen LogP contribution >= 0.6 is 27.5 Å². The second-order valence-corrected chi connectivity index (χ2v) is 6.18. The van der Waals surface area contributed by atoms with Crippen LogP contribution in [0.3, 0.4) is 0 Å². The third-order valence-corrected chi connectivity index (χ3v) is 4.01. The van der Waals surface area contributed by atoms with E-state index in [9.17, 15) is 4.39 Å². The molecule has 1 unspecified atom stereocenters. The Morgan fingerprint density at radius 1 is 1.33 bits per heavy atom. The van der Waals surface area contributed by atoms with Crippen LogP contribution in [0.1, 0.15) is 18.1 Å². The lowest BCUT2D eigenvalue weighted by Crippen LogP contribution is -2.17. The van der Waals surface area contributed by atoms with Crippen molar-refractivity contribution in [1.29, 1.82) is 0 Å². The van der Waals surface area contributed by atoms with Crippen molar-refractivity contribution in [3.63, 3.8) is 0 Å². The van der Waals surface area contributed by atoms with E-state index >= 15 is 0 Å². The molecular weight excluding hydrogens is 357 g/mol. The fourth-order valence-corrected chi connectivity index (χ4v) is 2.70. The first-order valence-electron chi connectivity index (χ1n) is 6.57. The molecular formula is C16H16BrClFNO. The van der Waals surface area contributed by atoms with Crippen molar-refractivity contribution >= 4 is 27.5 Å². The van der Waals surface area contributed by atoms with Gasteiger partial charge in [-0.3, -0.25) is 0 Å². The number of benzene rings is 2. The molecule has 21 heavy (non-hydrogen) atoms. The zero-order valence-electron chi connectivity index (χ0n) is 11.6. The minimum Gasteiger partial charge on any atom is -0.488 e. The Labute approximate surface area is 137 Å². The maximum absolute atomic E-state index is 13.4. The van der Waals surface area contributed by atoms with Crippen molar-refractivity contribution in [2.45, 2.75) is 26.0 Å². The lowest BCUT2D eigenvalue weighted by Gasteiger charge is -2.12. The maximum Gasteiger partial charge on any atom is 0.142 e. The van der Waals surface area contributed by atoms with Gasteiger partial charge in [-0.25, -0.2) is 4.39 Å². The number of halogens is 3. The Bertz CT molecular complexity index is 634. The largest absolute Gasteiger partial charge is 0.488 e. The van der Waals surface area contributed by atoms with E-state index in [0.717, 1.165) is 16.5 Å². The summed E-state index contributed by atoms with van der Waals surface area (Å²) in [7, 11) is 0. The van der Waals surface area contributed by atoms with Crippen LogP contribution < -0.4 is 10.5 Å². The number of rotatable bonds is 5. The second kappa shape index (κ2) is 7.25. The molecule has 2 rings (SSSR count). The molecule has 0 aliphatic heterocycles. The molecule has 0 fully saturated rings. The summed E-state index contributed by atoms with van der Waals surface area (Å²) in [6.45, 7) is 2.17. The second-order valence-electron chi connectivity index (χ2n) is 4.95. The standard InChI is InChI=1S/C16H16BrClFNO/c1-10(20)7-11-5-6-15(13(17)8-11)21-9-12-3-2-4-14(19)16(12)18/h2-6,8,10H,7,9,20H2,1H3. The van der Waals surface area contributed by atoms with Gasteiger partial charge in [-0.2, -0.15) is 0 Å². The molecule has 2 nitrogen and oxygen atoms in total. The van der Waals surface area contributed by atoms with E-state index in [1.54, 1.807) is 12.1 Å². The summed E-state index contributed by atoms with van der Waals surface area (Å²) in [6.07, 6.45) is 0.800. The normalized spacial score (nSPS) is 12.2. The predicted molar refractivity (Wildman–Crippen MR) is 87.2 cm³/mol. The Hall–Kier alpha value is -1.10. The maximum atomic E-state index is 13.4. The average Bonchev–Trinajstić information content (AvgIpc) is 2.41. The van der Waals surface area contributed by atoms with E-state index in [2.05, 4.69) is 15.9 Å². The van der Waals surface area contributed by atoms with Crippen molar-refractivity contribution < 1.29 is 9.13 Å². The van der Waals surface area contributed by atoms with Crippen LogP contribution in [-0.4, -0.2) is 6.04 Å². The highest BCUT2D eigenvalue weighted by Gasteiger charge is 2.08. The molecule has 2 N–H and O–H groups in total. The summed E-state index contributed by atoms with van der Waals surface area (Å²) >= 11 is 9.37. The Morgan fingerprint density at radius 3 is 2.76 bits per heavy atom. The lowest BCUT2D eigenvalue weighted by molar-refractivity contribution is 0.303. The van der Waals surface area contributed by atoms with E-state index in [1.165, 1.54) is 6.07 Å². The highest BCUT2D eigenvalue weighted by molar-refractivity contribution is 9.10. The smallest absolute Gasteiger partial charge is 0.142 e. The van der Waals surface area contributed by atoms with E-state index in [1.807, 2.05) is 25.1 Å². The number of hydrogen-bond acceptors (Lipinski definition) is 2. The summed E-state index contributed by atoms with van der Waals surface area (Å²) in [5.74, 6) is 0.243. The van der Waals surface area contributed by atoms with Gasteiger partial charge in [0, 0.05) is 11.6 Å². The summed E-state index contributed by atoms with van der Waals surface area (Å²) in [5, 5.41) is 0.0993. The lowest BCUT2D eigenvalue weighted by atomic mass is 10.1. The van der Waals surface area contributed by atoms with Gasteiger partial charge in [0.05, 0.1) is 9.50 Å². The van der Waals surface area contributed by atoms with Gasteiger partial charge in [-0.1, -0.05) is 29.8 Å². The van der Waals surface area contributed by atoms with Crippen molar-refractivity contribution in [3.8, 4) is 5.75 Å². The molecule has 0 saturated carbocycles. The summed E-state index contributed by atoms with van der Waals surface area (Å²) in [4.78, 5) is 0. The minimum absolute atomic E-state index is 0.0993. The monoisotopic (exact) mass is 371 g/mol. The number of nitrogens with two attached hydrogens (primary N) is 1. The Morgan fingerprint density at radius 2 is 2.10 bits per heavy atom. The third-order valence-electron chi connectivity index (χ3n) is 2.97. The SMILES string of the molecule is CC(N)Cc1ccc(OCc2cccc(F)c2Cl)c(Br)c1. The Balaban J connectivity index is 2.08. The van der Waals surface area contributed by atoms with Crippen molar-refractivity contribution in [3.05, 3.63) is 62.8 Å². The van der Waals surface area contributed by atoms with E-state index in [4.69, 9.17) is 22.1 Å². The molecule has 0 amide bonds. The highest BCUT2D eigenvalue weighted by atomic mass is 79.9. The summed E-state index contributed by atoms with van der Waals surface area (Å²) in [6, 6.07) is 10.6. The summed E-state index contributed by atoms with van der Waals surface area (Å²) in [5.41, 5.74) is 7.53. The highest BCUT2D eigenvalue weighted by Crippen LogP contribution is 2.28. The van der Waals surface area contributed by atoms with Crippen LogP contribution in [0.5, 0.6) is 5.75 Å². The predicted octanol–water partition coefficient (Wildman–Crippen LogP) is 4.71. The first-order valence-corrected chi connectivity index (χ1v) is 7.74. The first kappa shape index (κ1) is 16.3. The number of hydrogen-bond donors (Lipinski definition) is 1. The van der Waals surface area contributed by atoms with Crippen molar-refractivity contribution in [2.24, 2.45) is 5.73 Å². The molecule has 0 spiro atoms. The molecule has 2 aromatic rings. The van der Waals surface area contributed by atoms with Crippen LogP contribution in [0, 0.1) is 5.82 Å². The van der Waals surface area contributed by atoms with Crippen LogP contribution in [0.15, 0.2) is 40.9 Å². The van der Waals surface area contributed by atoms with Gasteiger partial charge in [0.2, 0.25) is 0 Å². The molecule has 2 aromatic carbocycles. The van der Waals surface area contributed by atoms with Gasteiger partial charge in [0.25, 0.3) is 0 Å². The zero-order chi connectivity index (χ0) is 15.4. The van der Waals surface area contributed by atoms with Gasteiger partial charge in [-0.15, -0.1) is 0 Å². The van der Waals surface area contributed by atoms with Gasteiger partial charge in [0.15, 0.2) is 0 Å². The van der Waals surface area contributed by atoms with E-state index in [-0.39, 0.29) is 17.7 Å². The number of ether oxygens (including phenoxy) is 1. The van der Waals surface area contributed by atoms with Crippen LogP contribution in [0.4, 0.5) is 4.39 Å². The van der Waals surface area contributed by atoms with Crippen LogP contribution in [-0.2, 0) is 13.0 Å². The Kier molecular flexibility index (Phi) is 5.62. The van der Waals surface area contributed by atoms with Gasteiger partial charge in [-0.05, 0) is 53.0 Å². The molecule has 0 bridgehead atoms. The van der Waals surface area contributed by atoms with Crippen LogP contribution in [0.25, 0.3) is 0 Å². The third kappa shape index (κ3) is 4.43. The molecule has 0 radical (unpaired) electrons. The fraction of sp³-hybridized carbons (Fsp3) is 0.250. The van der Waals surface area contributed by atoms with Gasteiger partial charge >= 0.3 is 0 Å². The molecule has 0 aromatic heterocycles. The summed E-state index contributed by atoms with van der Waals surface area (Å²) < 4.78 is 19.9. The molecule has 0 aliphatic carbocycles. The molecule has 0 saturated heterocycles. The molecule has 0 aliphatic rings. The van der Waals surface area contributed by atoms with Gasteiger partial charge in [0.1, 0.15) is 18.2 Å². The first-order chi connectivity index (χ1) is 9.97. The van der Waals surface area contributed by atoms with E-state index in [0.29, 0.717) is 11.3 Å². The van der Waals surface area contributed by atoms with Crippen molar-refractivity contribution in [1.82, 2.24) is 0 Å². The topological polar surface area (TPSA) is 35.2 Å². The van der Waals surface area contributed by atoms with E-state index < -0.39 is 5.82 Å². The average molecular weight is 373 g/mol. The molecule has 1 atom stereocenters. The zero-order valence-corrected chi connectivity index (χ0v) is 13.9. The fourth-order valence-electron chi connectivity index (χ4n) is 1.98.